The third-order valence-electron chi connectivity index (χ3n) is 3.46. The summed E-state index contributed by atoms with van der Waals surface area (Å²) >= 11 is 0. The van der Waals surface area contributed by atoms with Gasteiger partial charge in [-0.25, -0.2) is 9.97 Å². The van der Waals surface area contributed by atoms with Crippen molar-refractivity contribution in [1.82, 2.24) is 9.97 Å². The number of aryl methyl sites for hydroxylation is 3. The van der Waals surface area contributed by atoms with Gasteiger partial charge in [-0.05, 0) is 38.0 Å². The first-order valence-electron chi connectivity index (χ1n) is 6.71. The number of benzene rings is 1. The van der Waals surface area contributed by atoms with Crippen LogP contribution in [0.3, 0.4) is 0 Å². The van der Waals surface area contributed by atoms with Gasteiger partial charge in [-0.2, -0.15) is 0 Å². The average molecular weight is 266 g/mol. The lowest BCUT2D eigenvalue weighted by Gasteiger charge is -2.23. The standard InChI is InChI=1S/C16H18N4/c1-12-9-13(2)15(14(3)10-12)19-7-8-20(11-19)16-17-5-4-6-18-16/h4-10H,11H2,1-3H3. The van der Waals surface area contributed by atoms with Crippen LogP contribution < -0.4 is 9.80 Å². The van der Waals surface area contributed by atoms with Crippen molar-refractivity contribution in [3.8, 4) is 0 Å². The molecular weight excluding hydrogens is 248 g/mol. The van der Waals surface area contributed by atoms with Crippen molar-refractivity contribution in [3.63, 3.8) is 0 Å². The van der Waals surface area contributed by atoms with Gasteiger partial charge in [-0.3, -0.25) is 4.90 Å². The van der Waals surface area contributed by atoms with E-state index in [0.717, 1.165) is 12.6 Å². The van der Waals surface area contributed by atoms with Gasteiger partial charge in [-0.15, -0.1) is 0 Å². The van der Waals surface area contributed by atoms with Crippen LogP contribution in [-0.4, -0.2) is 16.6 Å². The zero-order valence-corrected chi connectivity index (χ0v) is 12.0. The molecule has 0 amide bonds. The number of aromatic nitrogens is 2. The van der Waals surface area contributed by atoms with Crippen LogP contribution in [0.1, 0.15) is 16.7 Å². The Bertz CT molecular complexity index is 626. The van der Waals surface area contributed by atoms with E-state index in [0.29, 0.717) is 0 Å². The second-order valence-corrected chi connectivity index (χ2v) is 5.18. The fourth-order valence-electron chi connectivity index (χ4n) is 2.76. The van der Waals surface area contributed by atoms with Gasteiger partial charge in [0.05, 0.1) is 0 Å². The van der Waals surface area contributed by atoms with E-state index < -0.39 is 0 Å². The van der Waals surface area contributed by atoms with Crippen molar-refractivity contribution in [2.45, 2.75) is 20.8 Å². The lowest BCUT2D eigenvalue weighted by atomic mass is 10.0. The van der Waals surface area contributed by atoms with E-state index >= 15 is 0 Å². The highest BCUT2D eigenvalue weighted by Crippen LogP contribution is 2.29. The first kappa shape index (κ1) is 12.7. The van der Waals surface area contributed by atoms with E-state index in [9.17, 15) is 0 Å². The summed E-state index contributed by atoms with van der Waals surface area (Å²) in [5, 5.41) is 0. The summed E-state index contributed by atoms with van der Waals surface area (Å²) < 4.78 is 0. The van der Waals surface area contributed by atoms with Crippen molar-refractivity contribution >= 4 is 11.6 Å². The summed E-state index contributed by atoms with van der Waals surface area (Å²) in [5.41, 5.74) is 5.16. The summed E-state index contributed by atoms with van der Waals surface area (Å²) in [4.78, 5) is 12.8. The molecule has 102 valence electrons. The number of nitrogens with zero attached hydrogens (tertiary/aromatic N) is 4. The minimum atomic E-state index is 0.730. The van der Waals surface area contributed by atoms with Gasteiger partial charge >= 0.3 is 0 Å². The van der Waals surface area contributed by atoms with Gasteiger partial charge in [0.1, 0.15) is 6.67 Å². The van der Waals surface area contributed by atoms with Crippen molar-refractivity contribution in [2.24, 2.45) is 0 Å². The van der Waals surface area contributed by atoms with Gasteiger partial charge < -0.3 is 4.90 Å². The van der Waals surface area contributed by atoms with Crippen LogP contribution in [0, 0.1) is 20.8 Å². The Labute approximate surface area is 119 Å². The molecule has 0 fully saturated rings. The summed E-state index contributed by atoms with van der Waals surface area (Å²) in [6, 6.07) is 6.27. The zero-order valence-electron chi connectivity index (χ0n) is 12.0. The van der Waals surface area contributed by atoms with E-state index in [1.165, 1.54) is 22.4 Å². The molecule has 4 nitrogen and oxygen atoms in total. The highest BCUT2D eigenvalue weighted by Gasteiger charge is 2.19. The third kappa shape index (κ3) is 2.25. The summed E-state index contributed by atoms with van der Waals surface area (Å²) in [6.07, 6.45) is 7.64. The molecule has 0 N–H and O–H groups in total. The Morgan fingerprint density at radius 3 is 2.15 bits per heavy atom. The molecule has 0 radical (unpaired) electrons. The molecule has 0 saturated carbocycles. The maximum Gasteiger partial charge on any atom is 0.230 e. The molecule has 2 heterocycles. The average Bonchev–Trinajstić information content (AvgIpc) is 2.88. The SMILES string of the molecule is Cc1cc(C)c(N2C=CN(c3ncccn3)C2)c(C)c1. The van der Waals surface area contributed by atoms with E-state index in [2.05, 4.69) is 54.0 Å². The Morgan fingerprint density at radius 2 is 1.50 bits per heavy atom. The number of hydrogen-bond acceptors (Lipinski definition) is 4. The van der Waals surface area contributed by atoms with Crippen molar-refractivity contribution < 1.29 is 0 Å². The van der Waals surface area contributed by atoms with Crippen LogP contribution in [0.4, 0.5) is 11.6 Å². The van der Waals surface area contributed by atoms with Gasteiger partial charge in [-0.1, -0.05) is 17.7 Å². The molecule has 0 atom stereocenters. The van der Waals surface area contributed by atoms with E-state index in [1.807, 2.05) is 17.2 Å². The van der Waals surface area contributed by atoms with E-state index in [4.69, 9.17) is 0 Å². The van der Waals surface area contributed by atoms with Crippen LogP contribution >= 0.6 is 0 Å². The van der Waals surface area contributed by atoms with Crippen molar-refractivity contribution in [2.75, 3.05) is 16.5 Å². The molecule has 0 aliphatic carbocycles. The monoisotopic (exact) mass is 266 g/mol. The maximum atomic E-state index is 4.28. The molecule has 2 aromatic rings. The van der Waals surface area contributed by atoms with Gasteiger partial charge in [0.25, 0.3) is 0 Å². The summed E-state index contributed by atoms with van der Waals surface area (Å²) in [7, 11) is 0. The first-order valence-corrected chi connectivity index (χ1v) is 6.71. The second kappa shape index (κ2) is 4.96. The summed E-state index contributed by atoms with van der Waals surface area (Å²) in [5.74, 6) is 0.730. The quantitative estimate of drug-likeness (QED) is 0.836. The molecular formula is C16H18N4. The van der Waals surface area contributed by atoms with E-state index in [1.54, 1.807) is 12.4 Å². The molecule has 0 saturated heterocycles. The van der Waals surface area contributed by atoms with Gasteiger partial charge in [0.15, 0.2) is 0 Å². The molecule has 0 bridgehead atoms. The van der Waals surface area contributed by atoms with Gasteiger partial charge in [0.2, 0.25) is 5.95 Å². The number of rotatable bonds is 2. The molecule has 1 aromatic carbocycles. The normalized spacial score (nSPS) is 14.2. The fourth-order valence-corrected chi connectivity index (χ4v) is 2.76. The molecule has 3 rings (SSSR count). The second-order valence-electron chi connectivity index (χ2n) is 5.18. The Balaban J connectivity index is 1.87. The smallest absolute Gasteiger partial charge is 0.230 e. The Hall–Kier alpha value is -2.36. The minimum absolute atomic E-state index is 0.730. The minimum Gasteiger partial charge on any atom is -0.327 e. The van der Waals surface area contributed by atoms with Crippen LogP contribution in [0.25, 0.3) is 0 Å². The molecule has 1 aromatic heterocycles. The lowest BCUT2D eigenvalue weighted by Crippen LogP contribution is -2.26. The Morgan fingerprint density at radius 1 is 0.900 bits per heavy atom. The predicted octanol–water partition coefficient (Wildman–Crippen LogP) is 3.16. The molecule has 1 aliphatic heterocycles. The van der Waals surface area contributed by atoms with Crippen LogP contribution in [-0.2, 0) is 0 Å². The van der Waals surface area contributed by atoms with Crippen LogP contribution in [0.15, 0.2) is 43.0 Å². The largest absolute Gasteiger partial charge is 0.327 e. The van der Waals surface area contributed by atoms with Gasteiger partial charge in [0, 0.05) is 30.5 Å². The lowest BCUT2D eigenvalue weighted by molar-refractivity contribution is 0.916. The Kier molecular flexibility index (Phi) is 3.14. The van der Waals surface area contributed by atoms with Crippen LogP contribution in [0.2, 0.25) is 0 Å². The first-order chi connectivity index (χ1) is 9.65. The molecule has 20 heavy (non-hydrogen) atoms. The summed E-state index contributed by atoms with van der Waals surface area (Å²) in [6.45, 7) is 7.19. The molecule has 1 aliphatic rings. The predicted molar refractivity (Wildman–Crippen MR) is 81.7 cm³/mol. The maximum absolute atomic E-state index is 4.28. The topological polar surface area (TPSA) is 32.3 Å². The number of anilines is 2. The fraction of sp³-hybridized carbons (Fsp3) is 0.250. The highest BCUT2D eigenvalue weighted by molar-refractivity contribution is 5.64. The number of hydrogen-bond donors (Lipinski definition) is 0. The van der Waals surface area contributed by atoms with Crippen molar-refractivity contribution in [3.05, 3.63) is 59.7 Å². The molecule has 0 unspecified atom stereocenters. The molecule has 0 spiro atoms. The zero-order chi connectivity index (χ0) is 14.1. The highest BCUT2D eigenvalue weighted by atomic mass is 15.4. The van der Waals surface area contributed by atoms with Crippen molar-refractivity contribution in [1.29, 1.82) is 0 Å². The molecule has 4 heteroatoms. The van der Waals surface area contributed by atoms with E-state index in [-0.39, 0.29) is 0 Å². The third-order valence-corrected chi connectivity index (χ3v) is 3.46. The van der Waals surface area contributed by atoms with Crippen LogP contribution in [0.5, 0.6) is 0 Å².